The zero-order valence-electron chi connectivity index (χ0n) is 16.6. The first-order valence-corrected chi connectivity index (χ1v) is 11.2. The molecule has 2 heterocycles. The number of likely N-dealkylation sites (N-methyl/N-ethyl adjacent to an activating group) is 1. The molecule has 1 N–H and O–H groups in total. The Kier molecular flexibility index (Phi) is 10.1. The number of hydrogen-bond acceptors (Lipinski definition) is 6. The number of esters is 1. The van der Waals surface area contributed by atoms with E-state index >= 15 is 0 Å². The Morgan fingerprint density at radius 3 is 2.75 bits per heavy atom. The van der Waals surface area contributed by atoms with Gasteiger partial charge in [0, 0.05) is 33.2 Å². The van der Waals surface area contributed by atoms with Gasteiger partial charge in [-0.15, -0.1) is 35.3 Å². The smallest absolute Gasteiger partial charge is 0.310 e. The molecule has 160 valence electrons. The normalized spacial score (nSPS) is 20.2. The molecular weight excluding hydrogens is 515 g/mol. The molecule has 2 rings (SSSR count). The molecule has 11 heteroatoms. The van der Waals surface area contributed by atoms with Gasteiger partial charge in [-0.25, -0.2) is 8.42 Å². The first kappa shape index (κ1) is 25.1. The number of aliphatic imine (C=N–C) groups is 1. The van der Waals surface area contributed by atoms with Crippen molar-refractivity contribution in [2.45, 2.75) is 18.1 Å². The van der Waals surface area contributed by atoms with E-state index in [0.29, 0.717) is 36.3 Å². The van der Waals surface area contributed by atoms with Crippen molar-refractivity contribution in [3.8, 4) is 0 Å². The van der Waals surface area contributed by atoms with E-state index in [4.69, 9.17) is 4.74 Å². The van der Waals surface area contributed by atoms with Gasteiger partial charge in [-0.3, -0.25) is 9.79 Å². The van der Waals surface area contributed by atoms with E-state index in [0.717, 1.165) is 0 Å². The molecule has 1 aliphatic rings. The van der Waals surface area contributed by atoms with Crippen LogP contribution in [0.25, 0.3) is 0 Å². The summed E-state index contributed by atoms with van der Waals surface area (Å²) >= 11 is 1.20. The van der Waals surface area contributed by atoms with Crippen molar-refractivity contribution in [3.63, 3.8) is 0 Å². The number of halogens is 1. The fourth-order valence-electron chi connectivity index (χ4n) is 3.00. The second-order valence-corrected chi connectivity index (χ2v) is 9.73. The predicted octanol–water partition coefficient (Wildman–Crippen LogP) is 1.69. The predicted molar refractivity (Wildman–Crippen MR) is 122 cm³/mol. The summed E-state index contributed by atoms with van der Waals surface area (Å²) in [7, 11) is -0.508. The Bertz CT molecular complexity index is 755. The van der Waals surface area contributed by atoms with Crippen molar-refractivity contribution < 1.29 is 17.9 Å². The highest BCUT2D eigenvalue weighted by Gasteiger charge is 2.36. The van der Waals surface area contributed by atoms with Crippen LogP contribution < -0.4 is 5.32 Å². The van der Waals surface area contributed by atoms with Crippen LogP contribution in [0.2, 0.25) is 0 Å². The van der Waals surface area contributed by atoms with Gasteiger partial charge in [0.2, 0.25) is 0 Å². The SMILES string of the molecule is CCNC(=NCCN(C)S(=O)(=O)c1cccs1)N1CC(C)C(C(=O)OC)C1.I. The molecule has 0 spiro atoms. The standard InChI is InChI=1S/C17H28N4O4S2.HI/c1-5-18-17(21-11-13(2)14(12-21)16(22)25-4)19-8-9-20(3)27(23,24)15-7-6-10-26-15;/h6-7,10,13-14H,5,8-9,11-12H2,1-4H3,(H,18,19);1H. The summed E-state index contributed by atoms with van der Waals surface area (Å²) < 4.78 is 31.4. The second-order valence-electron chi connectivity index (χ2n) is 6.51. The minimum absolute atomic E-state index is 0. The van der Waals surface area contributed by atoms with Crippen LogP contribution in [-0.2, 0) is 19.6 Å². The van der Waals surface area contributed by atoms with E-state index < -0.39 is 10.0 Å². The fraction of sp³-hybridized carbons (Fsp3) is 0.647. The summed E-state index contributed by atoms with van der Waals surface area (Å²) in [6.07, 6.45) is 0. The molecule has 1 saturated heterocycles. The van der Waals surface area contributed by atoms with E-state index in [-0.39, 0.29) is 48.3 Å². The van der Waals surface area contributed by atoms with Gasteiger partial charge in [-0.05, 0) is 24.3 Å². The van der Waals surface area contributed by atoms with Crippen molar-refractivity contribution >= 4 is 57.3 Å². The molecule has 8 nitrogen and oxygen atoms in total. The third kappa shape index (κ3) is 6.04. The summed E-state index contributed by atoms with van der Waals surface area (Å²) in [5.74, 6) is 0.476. The average Bonchev–Trinajstić information content (AvgIpc) is 3.30. The van der Waals surface area contributed by atoms with Crippen molar-refractivity contribution in [1.29, 1.82) is 0 Å². The number of thiophene rings is 1. The molecule has 1 aliphatic heterocycles. The van der Waals surface area contributed by atoms with E-state index in [1.54, 1.807) is 24.6 Å². The molecular formula is C17H29IN4O4S2. The van der Waals surface area contributed by atoms with Gasteiger partial charge in [0.05, 0.1) is 19.6 Å². The maximum Gasteiger partial charge on any atom is 0.310 e. The number of carbonyl (C=O) groups excluding carboxylic acids is 1. The monoisotopic (exact) mass is 544 g/mol. The Morgan fingerprint density at radius 2 is 2.18 bits per heavy atom. The van der Waals surface area contributed by atoms with Gasteiger partial charge >= 0.3 is 5.97 Å². The number of sulfonamides is 1. The number of nitrogens with zero attached hydrogens (tertiary/aromatic N) is 3. The number of guanidine groups is 1. The van der Waals surface area contributed by atoms with Gasteiger partial charge in [-0.2, -0.15) is 4.31 Å². The highest BCUT2D eigenvalue weighted by atomic mass is 127. The zero-order chi connectivity index (χ0) is 20.0. The third-order valence-electron chi connectivity index (χ3n) is 4.59. The van der Waals surface area contributed by atoms with Gasteiger partial charge in [-0.1, -0.05) is 13.0 Å². The molecule has 2 atom stereocenters. The minimum atomic E-state index is -3.47. The number of hydrogen-bond donors (Lipinski definition) is 1. The molecule has 1 aromatic rings. The number of methoxy groups -OCH3 is 1. The Hall–Kier alpha value is -0.920. The molecule has 0 radical (unpaired) electrons. The van der Waals surface area contributed by atoms with E-state index in [1.807, 2.05) is 18.7 Å². The van der Waals surface area contributed by atoms with Crippen molar-refractivity contribution in [2.75, 3.05) is 46.9 Å². The van der Waals surface area contributed by atoms with Crippen LogP contribution in [0.15, 0.2) is 26.7 Å². The molecule has 0 bridgehead atoms. The summed E-state index contributed by atoms with van der Waals surface area (Å²) in [4.78, 5) is 18.5. The van der Waals surface area contributed by atoms with E-state index in [9.17, 15) is 13.2 Å². The molecule has 0 amide bonds. The third-order valence-corrected chi connectivity index (χ3v) is 7.82. The molecule has 1 fully saturated rings. The van der Waals surface area contributed by atoms with Crippen LogP contribution in [0, 0.1) is 11.8 Å². The quantitative estimate of drug-likeness (QED) is 0.243. The summed E-state index contributed by atoms with van der Waals surface area (Å²) in [6, 6.07) is 3.32. The van der Waals surface area contributed by atoms with Crippen LogP contribution in [0.3, 0.4) is 0 Å². The average molecular weight is 544 g/mol. The number of nitrogens with one attached hydrogen (secondary N) is 1. The van der Waals surface area contributed by atoms with E-state index in [2.05, 4.69) is 10.3 Å². The Balaban J connectivity index is 0.00000392. The van der Waals surface area contributed by atoms with Crippen molar-refractivity contribution in [2.24, 2.45) is 16.8 Å². The first-order valence-electron chi connectivity index (χ1n) is 8.92. The molecule has 28 heavy (non-hydrogen) atoms. The van der Waals surface area contributed by atoms with Crippen LogP contribution in [-0.4, -0.2) is 76.4 Å². The maximum absolute atomic E-state index is 12.5. The Morgan fingerprint density at radius 1 is 1.46 bits per heavy atom. The van der Waals surface area contributed by atoms with E-state index in [1.165, 1.54) is 22.8 Å². The van der Waals surface area contributed by atoms with Gasteiger partial charge < -0.3 is 15.0 Å². The number of likely N-dealkylation sites (tertiary alicyclic amines) is 1. The van der Waals surface area contributed by atoms with Crippen molar-refractivity contribution in [3.05, 3.63) is 17.5 Å². The second kappa shape index (κ2) is 11.3. The fourth-order valence-corrected chi connectivity index (χ4v) is 5.37. The minimum Gasteiger partial charge on any atom is -0.469 e. The van der Waals surface area contributed by atoms with Crippen LogP contribution in [0.1, 0.15) is 13.8 Å². The number of carbonyl (C=O) groups is 1. The highest BCUT2D eigenvalue weighted by Crippen LogP contribution is 2.24. The molecule has 2 unspecified atom stereocenters. The molecule has 0 aliphatic carbocycles. The zero-order valence-corrected chi connectivity index (χ0v) is 20.6. The van der Waals surface area contributed by atoms with Crippen LogP contribution >= 0.6 is 35.3 Å². The summed E-state index contributed by atoms with van der Waals surface area (Å²) in [5, 5.41) is 4.96. The largest absolute Gasteiger partial charge is 0.469 e. The number of ether oxygens (including phenoxy) is 1. The first-order chi connectivity index (χ1) is 12.8. The van der Waals surface area contributed by atoms with Gasteiger partial charge in [0.15, 0.2) is 5.96 Å². The molecule has 0 aromatic carbocycles. The summed E-state index contributed by atoms with van der Waals surface area (Å²) in [6.45, 7) is 6.54. The lowest BCUT2D eigenvalue weighted by atomic mass is 9.99. The Labute approximate surface area is 188 Å². The van der Waals surface area contributed by atoms with Crippen LogP contribution in [0.4, 0.5) is 0 Å². The van der Waals surface area contributed by atoms with Gasteiger partial charge in [0.1, 0.15) is 4.21 Å². The lowest BCUT2D eigenvalue weighted by Gasteiger charge is -2.22. The highest BCUT2D eigenvalue weighted by molar-refractivity contribution is 14.0. The number of rotatable bonds is 7. The molecule has 1 aromatic heterocycles. The van der Waals surface area contributed by atoms with Gasteiger partial charge in [0.25, 0.3) is 10.0 Å². The molecule has 0 saturated carbocycles. The summed E-state index contributed by atoms with van der Waals surface area (Å²) in [5.41, 5.74) is 0. The maximum atomic E-state index is 12.5. The van der Waals surface area contributed by atoms with Crippen LogP contribution in [0.5, 0.6) is 0 Å². The lowest BCUT2D eigenvalue weighted by molar-refractivity contribution is -0.145. The topological polar surface area (TPSA) is 91.3 Å². The van der Waals surface area contributed by atoms with Crippen molar-refractivity contribution in [1.82, 2.24) is 14.5 Å². The lowest BCUT2D eigenvalue weighted by Crippen LogP contribution is -2.41.